The van der Waals surface area contributed by atoms with Crippen LogP contribution >= 0.6 is 11.6 Å². The van der Waals surface area contributed by atoms with E-state index < -0.39 is 0 Å². The van der Waals surface area contributed by atoms with E-state index in [1.165, 1.54) is 6.33 Å². The molecule has 0 saturated heterocycles. The van der Waals surface area contributed by atoms with Crippen molar-refractivity contribution in [3.05, 3.63) is 11.5 Å². The van der Waals surface area contributed by atoms with Crippen LogP contribution in [0, 0.1) is 0 Å². The summed E-state index contributed by atoms with van der Waals surface area (Å²) in [5.41, 5.74) is 1.23. The average Bonchev–Trinajstić information content (AvgIpc) is 2.49. The van der Waals surface area contributed by atoms with Crippen molar-refractivity contribution >= 4 is 22.8 Å². The fourth-order valence-electron chi connectivity index (χ4n) is 0.978. The maximum absolute atomic E-state index is 5.76. The van der Waals surface area contributed by atoms with Gasteiger partial charge in [0.25, 0.3) is 0 Å². The van der Waals surface area contributed by atoms with Crippen LogP contribution in [0.1, 0.15) is 6.92 Å². The van der Waals surface area contributed by atoms with Crippen molar-refractivity contribution in [2.45, 2.75) is 13.5 Å². The SMILES string of the molecule is CCn1nnc2c(Cl)ncnc21. The molecule has 62 valence electrons. The van der Waals surface area contributed by atoms with Crippen molar-refractivity contribution in [1.82, 2.24) is 25.0 Å². The van der Waals surface area contributed by atoms with Gasteiger partial charge in [-0.15, -0.1) is 5.10 Å². The van der Waals surface area contributed by atoms with Crippen LogP contribution < -0.4 is 0 Å². The Balaban J connectivity index is 2.80. The zero-order chi connectivity index (χ0) is 8.55. The van der Waals surface area contributed by atoms with Gasteiger partial charge in [0.05, 0.1) is 0 Å². The van der Waals surface area contributed by atoms with E-state index in [0.717, 1.165) is 6.54 Å². The Hall–Kier alpha value is -1.23. The lowest BCUT2D eigenvalue weighted by Crippen LogP contribution is -1.97. The molecule has 12 heavy (non-hydrogen) atoms. The highest BCUT2D eigenvalue weighted by atomic mass is 35.5. The quantitative estimate of drug-likeness (QED) is 0.617. The molecule has 0 aliphatic carbocycles. The Kier molecular flexibility index (Phi) is 1.65. The average molecular weight is 184 g/mol. The molecule has 0 aliphatic heterocycles. The number of hydrogen-bond donors (Lipinski definition) is 0. The van der Waals surface area contributed by atoms with Gasteiger partial charge in [0.1, 0.15) is 6.33 Å². The number of halogens is 1. The predicted octanol–water partition coefficient (Wildman–Crippen LogP) is 0.895. The zero-order valence-corrected chi connectivity index (χ0v) is 7.15. The van der Waals surface area contributed by atoms with Gasteiger partial charge in [0.2, 0.25) is 0 Å². The van der Waals surface area contributed by atoms with Gasteiger partial charge in [-0.05, 0) is 6.92 Å². The van der Waals surface area contributed by atoms with Crippen LogP contribution in [0.25, 0.3) is 11.2 Å². The third-order valence-electron chi connectivity index (χ3n) is 1.56. The summed E-state index contributed by atoms with van der Waals surface area (Å²) in [6.07, 6.45) is 1.40. The van der Waals surface area contributed by atoms with Gasteiger partial charge >= 0.3 is 0 Å². The minimum Gasteiger partial charge on any atom is -0.227 e. The highest BCUT2D eigenvalue weighted by Crippen LogP contribution is 2.14. The van der Waals surface area contributed by atoms with Gasteiger partial charge in [-0.25, -0.2) is 14.6 Å². The fourth-order valence-corrected chi connectivity index (χ4v) is 1.14. The molecule has 0 N–H and O–H groups in total. The van der Waals surface area contributed by atoms with E-state index in [9.17, 15) is 0 Å². The maximum Gasteiger partial charge on any atom is 0.183 e. The topological polar surface area (TPSA) is 56.5 Å². The van der Waals surface area contributed by atoms with Crippen molar-refractivity contribution in [2.75, 3.05) is 0 Å². The summed E-state index contributed by atoms with van der Waals surface area (Å²) < 4.78 is 1.67. The summed E-state index contributed by atoms with van der Waals surface area (Å²) in [6, 6.07) is 0. The molecule has 0 saturated carbocycles. The number of aryl methyl sites for hydroxylation is 1. The van der Waals surface area contributed by atoms with Crippen molar-refractivity contribution in [3.8, 4) is 0 Å². The molecule has 2 rings (SSSR count). The summed E-state index contributed by atoms with van der Waals surface area (Å²) >= 11 is 5.76. The van der Waals surface area contributed by atoms with Crippen molar-refractivity contribution in [2.24, 2.45) is 0 Å². The predicted molar refractivity (Wildman–Crippen MR) is 43.8 cm³/mol. The van der Waals surface area contributed by atoms with E-state index in [-0.39, 0.29) is 0 Å². The summed E-state index contributed by atoms with van der Waals surface area (Å²) in [6.45, 7) is 2.69. The lowest BCUT2D eigenvalue weighted by Gasteiger charge is -1.93. The molecule has 0 bridgehead atoms. The van der Waals surface area contributed by atoms with Crippen molar-refractivity contribution in [1.29, 1.82) is 0 Å². The zero-order valence-electron chi connectivity index (χ0n) is 6.40. The van der Waals surface area contributed by atoms with Gasteiger partial charge in [0.15, 0.2) is 16.3 Å². The molecule has 0 fully saturated rings. The van der Waals surface area contributed by atoms with E-state index >= 15 is 0 Å². The maximum atomic E-state index is 5.76. The largest absolute Gasteiger partial charge is 0.227 e. The van der Waals surface area contributed by atoms with Gasteiger partial charge in [-0.1, -0.05) is 16.8 Å². The smallest absolute Gasteiger partial charge is 0.183 e. The Bertz CT molecular complexity index is 409. The second-order valence-electron chi connectivity index (χ2n) is 2.24. The summed E-state index contributed by atoms with van der Waals surface area (Å²) in [7, 11) is 0. The highest BCUT2D eigenvalue weighted by molar-refractivity contribution is 6.33. The van der Waals surface area contributed by atoms with E-state index in [2.05, 4.69) is 20.3 Å². The van der Waals surface area contributed by atoms with Crippen LogP contribution in [0.3, 0.4) is 0 Å². The lowest BCUT2D eigenvalue weighted by atomic mass is 10.5. The Morgan fingerprint density at radius 1 is 1.50 bits per heavy atom. The van der Waals surface area contributed by atoms with E-state index in [1.807, 2.05) is 6.92 Å². The minimum absolute atomic E-state index is 0.347. The Morgan fingerprint density at radius 2 is 2.33 bits per heavy atom. The minimum atomic E-state index is 0.347. The van der Waals surface area contributed by atoms with Crippen LogP contribution in [0.15, 0.2) is 6.33 Å². The van der Waals surface area contributed by atoms with Gasteiger partial charge in [0, 0.05) is 6.54 Å². The molecule has 0 aliphatic rings. The first kappa shape index (κ1) is 7.42. The first-order chi connectivity index (χ1) is 5.83. The molecule has 2 aromatic rings. The van der Waals surface area contributed by atoms with Crippen molar-refractivity contribution < 1.29 is 0 Å². The van der Waals surface area contributed by atoms with E-state index in [0.29, 0.717) is 16.3 Å². The second kappa shape index (κ2) is 2.67. The molecule has 0 amide bonds. The van der Waals surface area contributed by atoms with E-state index in [1.54, 1.807) is 4.68 Å². The molecule has 6 heteroatoms. The molecule has 0 atom stereocenters. The standard InChI is InChI=1S/C6H6ClN5/c1-2-12-6-4(10-11-12)5(7)8-3-9-6/h3H,2H2,1H3. The van der Waals surface area contributed by atoms with Gasteiger partial charge in [-0.2, -0.15) is 0 Å². The summed E-state index contributed by atoms with van der Waals surface area (Å²) in [5, 5.41) is 8.05. The first-order valence-electron chi connectivity index (χ1n) is 3.52. The Morgan fingerprint density at radius 3 is 3.08 bits per heavy atom. The molecule has 5 nitrogen and oxygen atoms in total. The number of rotatable bonds is 1. The van der Waals surface area contributed by atoms with Crippen LogP contribution in [0.2, 0.25) is 5.15 Å². The number of hydrogen-bond acceptors (Lipinski definition) is 4. The third-order valence-corrected chi connectivity index (χ3v) is 1.83. The molecule has 0 unspecified atom stereocenters. The highest BCUT2D eigenvalue weighted by Gasteiger charge is 2.07. The first-order valence-corrected chi connectivity index (χ1v) is 3.90. The van der Waals surface area contributed by atoms with Gasteiger partial charge in [-0.3, -0.25) is 0 Å². The van der Waals surface area contributed by atoms with Crippen molar-refractivity contribution in [3.63, 3.8) is 0 Å². The summed E-state index contributed by atoms with van der Waals surface area (Å²) in [5.74, 6) is 0. The Labute approximate surface area is 73.4 Å². The number of aromatic nitrogens is 5. The monoisotopic (exact) mass is 183 g/mol. The number of fused-ring (bicyclic) bond motifs is 1. The molecular formula is C6H6ClN5. The molecule has 2 aromatic heterocycles. The molecular weight excluding hydrogens is 178 g/mol. The second-order valence-corrected chi connectivity index (χ2v) is 2.60. The molecule has 0 radical (unpaired) electrons. The molecule has 0 spiro atoms. The fraction of sp³-hybridized carbons (Fsp3) is 0.333. The van der Waals surface area contributed by atoms with Crippen LogP contribution in [0.5, 0.6) is 0 Å². The third kappa shape index (κ3) is 0.937. The normalized spacial score (nSPS) is 10.8. The molecule has 2 heterocycles. The summed E-state index contributed by atoms with van der Waals surface area (Å²) in [4.78, 5) is 7.81. The molecule has 0 aromatic carbocycles. The van der Waals surface area contributed by atoms with Crippen LogP contribution in [0.4, 0.5) is 0 Å². The lowest BCUT2D eigenvalue weighted by molar-refractivity contribution is 0.641. The van der Waals surface area contributed by atoms with E-state index in [4.69, 9.17) is 11.6 Å². The van der Waals surface area contributed by atoms with Gasteiger partial charge < -0.3 is 0 Å². The van der Waals surface area contributed by atoms with Crippen LogP contribution in [-0.2, 0) is 6.54 Å². The number of nitrogens with zero attached hydrogens (tertiary/aromatic N) is 5. The van der Waals surface area contributed by atoms with Crippen LogP contribution in [-0.4, -0.2) is 25.0 Å².